The summed E-state index contributed by atoms with van der Waals surface area (Å²) in [6.07, 6.45) is 1.66. The number of carbonyl (C=O) groups excluding carboxylic acids is 2. The van der Waals surface area contributed by atoms with E-state index in [9.17, 15) is 9.59 Å². The molecule has 1 aliphatic carbocycles. The second kappa shape index (κ2) is 3.65. The van der Waals surface area contributed by atoms with Gasteiger partial charge in [0.1, 0.15) is 4.21 Å². The van der Waals surface area contributed by atoms with Crippen LogP contribution in [-0.2, 0) is 14.3 Å². The summed E-state index contributed by atoms with van der Waals surface area (Å²) in [5, 5.41) is 0. The van der Waals surface area contributed by atoms with Crippen LogP contribution in [0.4, 0.5) is 0 Å². The van der Waals surface area contributed by atoms with E-state index in [1.807, 2.05) is 0 Å². The maximum Gasteiger partial charge on any atom is 0.323 e. The van der Waals surface area contributed by atoms with Crippen molar-refractivity contribution in [2.75, 3.05) is 6.61 Å². The smallest absolute Gasteiger partial charge is 0.323 e. The number of alkyl halides is 1. The second-order valence-corrected chi connectivity index (χ2v) is 6.52. The van der Waals surface area contributed by atoms with Gasteiger partial charge in [-0.3, -0.25) is 9.59 Å². The van der Waals surface area contributed by atoms with Crippen molar-refractivity contribution in [3.05, 3.63) is 10.4 Å². The fourth-order valence-corrected chi connectivity index (χ4v) is 4.91. The molecule has 3 nitrogen and oxygen atoms in total. The van der Waals surface area contributed by atoms with Crippen LogP contribution >= 0.6 is 35.0 Å². The van der Waals surface area contributed by atoms with Gasteiger partial charge in [0.15, 0.2) is 11.2 Å². The van der Waals surface area contributed by atoms with Crippen molar-refractivity contribution in [2.24, 2.45) is 11.3 Å². The summed E-state index contributed by atoms with van der Waals surface area (Å²) in [5.74, 6) is -1.16. The van der Waals surface area contributed by atoms with Crippen molar-refractivity contribution < 1.29 is 14.3 Å². The van der Waals surface area contributed by atoms with Gasteiger partial charge in [-0.25, -0.2) is 0 Å². The molecule has 0 radical (unpaired) electrons. The van der Waals surface area contributed by atoms with Crippen LogP contribution in [0.15, 0.2) is 10.4 Å². The SMILES string of the molecule is CCOC(=O)C1(C(C)=O)C2C=C(Cl)SC21Cl. The van der Waals surface area contributed by atoms with Gasteiger partial charge in [-0.15, -0.1) is 11.6 Å². The van der Waals surface area contributed by atoms with Gasteiger partial charge >= 0.3 is 5.97 Å². The number of hydrogen-bond donors (Lipinski definition) is 0. The molecule has 2 rings (SSSR count). The fraction of sp³-hybridized carbons (Fsp3) is 0.600. The van der Waals surface area contributed by atoms with Gasteiger partial charge in [0, 0.05) is 5.92 Å². The van der Waals surface area contributed by atoms with Crippen molar-refractivity contribution in [1.29, 1.82) is 0 Å². The highest BCUT2D eigenvalue weighted by Crippen LogP contribution is 2.78. The van der Waals surface area contributed by atoms with Gasteiger partial charge in [-0.2, -0.15) is 0 Å². The zero-order chi connectivity index (χ0) is 12.1. The average molecular weight is 281 g/mol. The Hall–Kier alpha value is -0.190. The summed E-state index contributed by atoms with van der Waals surface area (Å²) < 4.78 is 4.50. The lowest BCUT2D eigenvalue weighted by atomic mass is 9.99. The molecule has 3 atom stereocenters. The number of ether oxygens (including phenoxy) is 1. The number of ketones is 1. The molecule has 1 heterocycles. The van der Waals surface area contributed by atoms with E-state index in [0.717, 1.165) is 11.8 Å². The highest BCUT2D eigenvalue weighted by Gasteiger charge is 2.86. The van der Waals surface area contributed by atoms with E-state index in [-0.39, 0.29) is 18.3 Å². The Morgan fingerprint density at radius 3 is 2.62 bits per heavy atom. The molecule has 88 valence electrons. The van der Waals surface area contributed by atoms with E-state index in [1.54, 1.807) is 13.0 Å². The lowest BCUT2D eigenvalue weighted by molar-refractivity contribution is -0.153. The number of halogens is 2. The van der Waals surface area contributed by atoms with Crippen LogP contribution in [0.3, 0.4) is 0 Å². The van der Waals surface area contributed by atoms with Crippen LogP contribution in [0.2, 0.25) is 0 Å². The minimum atomic E-state index is -1.24. The quantitative estimate of drug-likeness (QED) is 0.453. The largest absolute Gasteiger partial charge is 0.465 e. The number of carbonyl (C=O) groups is 2. The third kappa shape index (κ3) is 1.24. The molecule has 0 bridgehead atoms. The number of thioether (sulfide) groups is 1. The first-order chi connectivity index (χ1) is 7.41. The van der Waals surface area contributed by atoms with Crippen LogP contribution in [0, 0.1) is 11.3 Å². The molecule has 0 saturated heterocycles. The van der Waals surface area contributed by atoms with Crippen molar-refractivity contribution >= 4 is 46.7 Å². The fourth-order valence-electron chi connectivity index (χ4n) is 2.24. The van der Waals surface area contributed by atoms with Crippen LogP contribution < -0.4 is 0 Å². The zero-order valence-electron chi connectivity index (χ0n) is 8.75. The van der Waals surface area contributed by atoms with E-state index < -0.39 is 15.6 Å². The van der Waals surface area contributed by atoms with Gasteiger partial charge in [0.2, 0.25) is 0 Å². The number of rotatable bonds is 3. The van der Waals surface area contributed by atoms with Gasteiger partial charge in [0.05, 0.1) is 11.0 Å². The van der Waals surface area contributed by atoms with Crippen LogP contribution in [0.5, 0.6) is 0 Å². The number of allylic oxidation sites excluding steroid dienone is 1. The Kier molecular flexibility index (Phi) is 2.80. The van der Waals surface area contributed by atoms with E-state index in [4.69, 9.17) is 27.9 Å². The van der Waals surface area contributed by atoms with E-state index in [1.165, 1.54) is 6.92 Å². The van der Waals surface area contributed by atoms with E-state index >= 15 is 0 Å². The van der Waals surface area contributed by atoms with Crippen molar-refractivity contribution in [3.63, 3.8) is 0 Å². The molecule has 1 aliphatic heterocycles. The molecule has 1 saturated carbocycles. The predicted molar refractivity (Wildman–Crippen MR) is 63.3 cm³/mol. The maximum atomic E-state index is 11.9. The Morgan fingerprint density at radius 1 is 1.62 bits per heavy atom. The maximum absolute atomic E-state index is 11.9. The molecule has 0 aromatic heterocycles. The van der Waals surface area contributed by atoms with E-state index in [0.29, 0.717) is 4.36 Å². The number of fused-ring (bicyclic) bond motifs is 1. The molecule has 2 aliphatic rings. The minimum Gasteiger partial charge on any atom is -0.465 e. The molecule has 6 heteroatoms. The number of hydrogen-bond acceptors (Lipinski definition) is 4. The van der Waals surface area contributed by atoms with Gasteiger partial charge in [0.25, 0.3) is 0 Å². The lowest BCUT2D eigenvalue weighted by Crippen LogP contribution is -2.33. The summed E-state index contributed by atoms with van der Waals surface area (Å²) in [6, 6.07) is 0. The predicted octanol–water partition coefficient (Wildman–Crippen LogP) is 2.52. The summed E-state index contributed by atoms with van der Waals surface area (Å²) in [7, 11) is 0. The standard InChI is InChI=1S/C10H10Cl2O3S/c1-3-15-8(14)9(5(2)13)6-4-7(11)16-10(6,9)12/h4,6H,3H2,1-2H3. The molecular formula is C10H10Cl2O3S. The normalized spacial score (nSPS) is 40.0. The molecule has 0 spiro atoms. The molecule has 1 fully saturated rings. The molecule has 0 aromatic carbocycles. The number of esters is 1. The Morgan fingerprint density at radius 2 is 2.25 bits per heavy atom. The minimum absolute atomic E-state index is 0.232. The molecule has 0 aromatic rings. The van der Waals surface area contributed by atoms with Crippen molar-refractivity contribution in [1.82, 2.24) is 0 Å². The third-order valence-corrected chi connectivity index (χ3v) is 5.34. The first-order valence-corrected chi connectivity index (χ1v) is 6.42. The average Bonchev–Trinajstić information content (AvgIpc) is 2.50. The third-order valence-electron chi connectivity index (χ3n) is 3.02. The lowest BCUT2D eigenvalue weighted by Gasteiger charge is -2.17. The molecule has 3 unspecified atom stereocenters. The second-order valence-electron chi connectivity index (χ2n) is 3.78. The first-order valence-electron chi connectivity index (χ1n) is 4.84. The highest BCUT2D eigenvalue weighted by atomic mass is 35.5. The number of Topliss-reactive ketones (excluding diaryl/α,β-unsaturated/α-hetero) is 1. The molecule has 16 heavy (non-hydrogen) atoms. The topological polar surface area (TPSA) is 43.4 Å². The molecule has 0 amide bonds. The van der Waals surface area contributed by atoms with Crippen LogP contribution in [0.1, 0.15) is 13.8 Å². The van der Waals surface area contributed by atoms with Crippen molar-refractivity contribution in [2.45, 2.75) is 18.1 Å². The van der Waals surface area contributed by atoms with Gasteiger partial charge in [-0.1, -0.05) is 29.4 Å². The van der Waals surface area contributed by atoms with Gasteiger partial charge in [-0.05, 0) is 13.8 Å². The summed E-state index contributed by atoms with van der Waals surface area (Å²) in [6.45, 7) is 3.29. The van der Waals surface area contributed by atoms with E-state index in [2.05, 4.69) is 0 Å². The van der Waals surface area contributed by atoms with Crippen molar-refractivity contribution in [3.8, 4) is 0 Å². The first kappa shape index (κ1) is 12.3. The van der Waals surface area contributed by atoms with Crippen LogP contribution in [0.25, 0.3) is 0 Å². The Labute approximate surface area is 107 Å². The summed E-state index contributed by atoms with van der Waals surface area (Å²) in [5.41, 5.74) is -1.24. The van der Waals surface area contributed by atoms with Gasteiger partial charge < -0.3 is 4.74 Å². The summed E-state index contributed by atoms with van der Waals surface area (Å²) >= 11 is 13.3. The highest BCUT2D eigenvalue weighted by molar-refractivity contribution is 8.07. The molecule has 0 N–H and O–H groups in total. The molecular weight excluding hydrogens is 271 g/mol. The zero-order valence-corrected chi connectivity index (χ0v) is 11.1. The van der Waals surface area contributed by atoms with Crippen LogP contribution in [-0.4, -0.2) is 22.6 Å². The monoisotopic (exact) mass is 280 g/mol. The Bertz CT molecular complexity index is 409. The Balaban J connectivity index is 2.36. The summed E-state index contributed by atoms with van der Waals surface area (Å²) in [4.78, 5) is 23.6.